The second kappa shape index (κ2) is 8.51. The van der Waals surface area contributed by atoms with Crippen molar-refractivity contribution < 1.29 is 5.11 Å². The van der Waals surface area contributed by atoms with Crippen LogP contribution in [-0.4, -0.2) is 19.7 Å². The second-order valence-electron chi connectivity index (χ2n) is 10.8. The molecule has 0 amide bonds. The summed E-state index contributed by atoms with van der Waals surface area (Å²) in [5.74, 6) is 0.831. The summed E-state index contributed by atoms with van der Waals surface area (Å²) in [7, 11) is 0. The maximum absolute atomic E-state index is 13.1. The van der Waals surface area contributed by atoms with Gasteiger partial charge in [-0.25, -0.2) is 0 Å². The number of hydrogen-bond acceptors (Lipinski definition) is 5. The van der Waals surface area contributed by atoms with Crippen LogP contribution in [0, 0.1) is 6.92 Å². The largest absolute Gasteiger partial charge is 0.507 e. The molecule has 1 N–H and O–H groups in total. The highest BCUT2D eigenvalue weighted by molar-refractivity contribution is 7.15. The predicted octanol–water partition coefficient (Wildman–Crippen LogP) is 5.48. The minimum atomic E-state index is -0.238. The number of aromatic hydroxyl groups is 1. The molecule has 34 heavy (non-hydrogen) atoms. The Bertz CT molecular complexity index is 1460. The molecule has 0 bridgehead atoms. The van der Waals surface area contributed by atoms with Crippen LogP contribution in [0.15, 0.2) is 41.2 Å². The van der Waals surface area contributed by atoms with Crippen LogP contribution in [0.1, 0.15) is 75.2 Å². The zero-order chi connectivity index (χ0) is 24.8. The minimum Gasteiger partial charge on any atom is -0.507 e. The molecule has 0 spiro atoms. The second-order valence-corrected chi connectivity index (χ2v) is 11.8. The van der Waals surface area contributed by atoms with E-state index >= 15 is 0 Å². The Morgan fingerprint density at radius 1 is 0.912 bits per heavy atom. The molecule has 4 rings (SSSR count). The Labute approximate surface area is 204 Å². The van der Waals surface area contributed by atoms with Crippen molar-refractivity contribution in [2.75, 3.05) is 0 Å². The normalized spacial score (nSPS) is 13.4. The fourth-order valence-electron chi connectivity index (χ4n) is 3.80. The fraction of sp³-hybridized carbons (Fsp3) is 0.321. The van der Waals surface area contributed by atoms with Crippen LogP contribution in [0.5, 0.6) is 5.75 Å². The third-order valence-electron chi connectivity index (χ3n) is 5.75. The number of aryl methyl sites for hydroxylation is 1. The lowest BCUT2D eigenvalue weighted by atomic mass is 9.78. The van der Waals surface area contributed by atoms with Gasteiger partial charge in [-0.3, -0.25) is 4.79 Å². The molecule has 0 fully saturated rings. The Morgan fingerprint density at radius 3 is 2.03 bits per heavy atom. The van der Waals surface area contributed by atoms with Gasteiger partial charge < -0.3 is 5.11 Å². The van der Waals surface area contributed by atoms with Crippen molar-refractivity contribution in [1.82, 2.24) is 14.6 Å². The molecule has 0 aliphatic heterocycles. The van der Waals surface area contributed by atoms with Crippen LogP contribution in [0.25, 0.3) is 23.2 Å². The van der Waals surface area contributed by atoms with Crippen LogP contribution in [0.4, 0.5) is 0 Å². The highest BCUT2D eigenvalue weighted by Crippen LogP contribution is 2.39. The smallest absolute Gasteiger partial charge is 0.291 e. The third-order valence-corrected chi connectivity index (χ3v) is 6.71. The van der Waals surface area contributed by atoms with E-state index in [0.717, 1.165) is 22.3 Å². The van der Waals surface area contributed by atoms with E-state index in [2.05, 4.69) is 70.7 Å². The molecule has 0 aliphatic rings. The Hall–Kier alpha value is -3.25. The number of benzene rings is 2. The minimum absolute atomic E-state index is 0.190. The summed E-state index contributed by atoms with van der Waals surface area (Å²) >= 11 is 1.32. The summed E-state index contributed by atoms with van der Waals surface area (Å²) in [5.41, 5.74) is 4.20. The molecular weight excluding hydrogens is 442 g/mol. The molecule has 2 aromatic heterocycles. The highest BCUT2D eigenvalue weighted by Gasteiger charge is 2.26. The van der Waals surface area contributed by atoms with Gasteiger partial charge in [-0.05, 0) is 53.2 Å². The number of rotatable bonds is 3. The molecule has 2 aromatic carbocycles. The SMILES string of the molecule is Cc1ccc(/C=C/c2nc3s/c(=C/c4cc(C(C)(C)C)c(O)c(C(C)(C)C)c4)c(=O)n3n2)cc1. The first-order valence-corrected chi connectivity index (χ1v) is 12.2. The van der Waals surface area contributed by atoms with Gasteiger partial charge in [0.25, 0.3) is 5.56 Å². The van der Waals surface area contributed by atoms with Gasteiger partial charge in [0.1, 0.15) is 5.75 Å². The van der Waals surface area contributed by atoms with Gasteiger partial charge in [-0.2, -0.15) is 9.50 Å². The first-order valence-electron chi connectivity index (χ1n) is 11.4. The zero-order valence-electron chi connectivity index (χ0n) is 20.8. The number of hydrogen-bond donors (Lipinski definition) is 1. The summed E-state index contributed by atoms with van der Waals surface area (Å²) in [6.45, 7) is 14.5. The Morgan fingerprint density at radius 2 is 1.50 bits per heavy atom. The van der Waals surface area contributed by atoms with Crippen molar-refractivity contribution in [2.24, 2.45) is 0 Å². The van der Waals surface area contributed by atoms with Crippen molar-refractivity contribution in [3.8, 4) is 5.75 Å². The van der Waals surface area contributed by atoms with E-state index in [1.807, 2.05) is 42.5 Å². The van der Waals surface area contributed by atoms with Crippen molar-refractivity contribution in [3.63, 3.8) is 0 Å². The quantitative estimate of drug-likeness (QED) is 0.428. The molecule has 176 valence electrons. The maximum Gasteiger partial charge on any atom is 0.291 e. The first kappa shape index (κ1) is 23.9. The molecular formula is C28H31N3O2S. The molecule has 0 aliphatic carbocycles. The average Bonchev–Trinajstić information content (AvgIpc) is 3.26. The van der Waals surface area contributed by atoms with E-state index in [0.29, 0.717) is 21.1 Å². The van der Waals surface area contributed by atoms with Gasteiger partial charge in [0.2, 0.25) is 4.96 Å². The number of thiazole rings is 1. The molecule has 5 nitrogen and oxygen atoms in total. The summed E-state index contributed by atoms with van der Waals surface area (Å²) in [5, 5.41) is 15.4. The van der Waals surface area contributed by atoms with E-state index in [-0.39, 0.29) is 16.4 Å². The number of fused-ring (bicyclic) bond motifs is 1. The highest BCUT2D eigenvalue weighted by atomic mass is 32.1. The number of phenolic OH excluding ortho intramolecular Hbond substituents is 1. The Kier molecular flexibility index (Phi) is 5.98. The number of aromatic nitrogens is 3. The lowest BCUT2D eigenvalue weighted by Gasteiger charge is -2.27. The number of phenols is 1. The van der Waals surface area contributed by atoms with Gasteiger partial charge in [-0.1, -0.05) is 88.8 Å². The Balaban J connectivity index is 1.76. The van der Waals surface area contributed by atoms with E-state index < -0.39 is 0 Å². The topological polar surface area (TPSA) is 67.5 Å². The standard InChI is InChI=1S/C28H31N3O2S/c1-17-8-10-18(11-9-17)12-13-23-29-26-31(30-23)25(33)22(34-26)16-19-14-20(27(2,3)4)24(32)21(15-19)28(5,6)7/h8-16,32H,1-7H3/b13-12+,22-16+. The van der Waals surface area contributed by atoms with Crippen molar-refractivity contribution >= 4 is 34.5 Å². The summed E-state index contributed by atoms with van der Waals surface area (Å²) in [6.07, 6.45) is 5.63. The predicted molar refractivity (Wildman–Crippen MR) is 142 cm³/mol. The van der Waals surface area contributed by atoms with Crippen LogP contribution in [0.3, 0.4) is 0 Å². The summed E-state index contributed by atoms with van der Waals surface area (Å²) in [4.78, 5) is 18.1. The zero-order valence-corrected chi connectivity index (χ0v) is 21.6. The molecule has 0 atom stereocenters. The third kappa shape index (κ3) is 4.82. The van der Waals surface area contributed by atoms with Crippen molar-refractivity contribution in [3.05, 3.63) is 84.9 Å². The first-order chi connectivity index (χ1) is 15.8. The fourth-order valence-corrected chi connectivity index (χ4v) is 4.72. The maximum atomic E-state index is 13.1. The molecule has 0 saturated heterocycles. The van der Waals surface area contributed by atoms with Crippen LogP contribution in [-0.2, 0) is 10.8 Å². The van der Waals surface area contributed by atoms with Crippen LogP contribution >= 0.6 is 11.3 Å². The van der Waals surface area contributed by atoms with Gasteiger partial charge >= 0.3 is 0 Å². The number of nitrogens with zero attached hydrogens (tertiary/aromatic N) is 3. The average molecular weight is 474 g/mol. The molecule has 6 heteroatoms. The van der Waals surface area contributed by atoms with E-state index in [1.54, 1.807) is 0 Å². The van der Waals surface area contributed by atoms with Crippen LogP contribution in [0.2, 0.25) is 0 Å². The van der Waals surface area contributed by atoms with Crippen molar-refractivity contribution in [2.45, 2.75) is 59.3 Å². The summed E-state index contributed by atoms with van der Waals surface area (Å²) in [6, 6.07) is 12.1. The van der Waals surface area contributed by atoms with Gasteiger partial charge in [-0.15, -0.1) is 5.10 Å². The monoisotopic (exact) mass is 473 g/mol. The van der Waals surface area contributed by atoms with E-state index in [1.165, 1.54) is 21.4 Å². The van der Waals surface area contributed by atoms with Gasteiger partial charge in [0, 0.05) is 11.1 Å². The van der Waals surface area contributed by atoms with E-state index in [4.69, 9.17) is 0 Å². The lowest BCUT2D eigenvalue weighted by molar-refractivity contribution is 0.423. The van der Waals surface area contributed by atoms with Crippen molar-refractivity contribution in [1.29, 1.82) is 0 Å². The van der Waals surface area contributed by atoms with Gasteiger partial charge in [0.15, 0.2) is 5.82 Å². The lowest BCUT2D eigenvalue weighted by Crippen LogP contribution is -2.24. The van der Waals surface area contributed by atoms with Gasteiger partial charge in [0.05, 0.1) is 4.53 Å². The molecule has 0 unspecified atom stereocenters. The molecule has 2 heterocycles. The molecule has 0 saturated carbocycles. The molecule has 4 aromatic rings. The summed E-state index contributed by atoms with van der Waals surface area (Å²) < 4.78 is 1.93. The van der Waals surface area contributed by atoms with E-state index in [9.17, 15) is 9.90 Å². The van der Waals surface area contributed by atoms with Crippen LogP contribution < -0.4 is 10.1 Å². The molecule has 0 radical (unpaired) electrons.